The van der Waals surface area contributed by atoms with Crippen molar-refractivity contribution in [1.29, 1.82) is 0 Å². The van der Waals surface area contributed by atoms with Crippen molar-refractivity contribution in [3.63, 3.8) is 0 Å². The third kappa shape index (κ3) is 3.17. The monoisotopic (exact) mass is 192 g/mol. The summed E-state index contributed by atoms with van der Waals surface area (Å²) in [6.45, 7) is 8.12. The molecule has 1 nitrogen and oxygen atoms in total. The molecule has 0 N–H and O–H groups in total. The van der Waals surface area contributed by atoms with E-state index in [-0.39, 0.29) is 6.10 Å². The van der Waals surface area contributed by atoms with E-state index in [9.17, 15) is 0 Å². The molecule has 0 bridgehead atoms. The average molecular weight is 192 g/mol. The van der Waals surface area contributed by atoms with Gasteiger partial charge in [0.1, 0.15) is 0 Å². The predicted molar refractivity (Wildman–Crippen MR) is 59.3 cm³/mol. The van der Waals surface area contributed by atoms with Crippen LogP contribution in [0.3, 0.4) is 0 Å². The quantitative estimate of drug-likeness (QED) is 0.526. The molecule has 0 aromatic heterocycles. The molecule has 1 unspecified atom stereocenters. The Hall–Kier alpha value is -0.863. The van der Waals surface area contributed by atoms with E-state index in [1.165, 1.54) is 5.56 Å². The molecule has 0 amide bonds. The topological polar surface area (TPSA) is 9.23 Å². The molecule has 1 rings (SSSR count). The first kappa shape index (κ1) is 10.2. The van der Waals surface area contributed by atoms with E-state index in [0.717, 1.165) is 0 Å². The minimum absolute atomic E-state index is 0.0767. The van der Waals surface area contributed by atoms with Crippen LogP contribution in [-0.2, 0) is 4.43 Å². The lowest BCUT2D eigenvalue weighted by atomic mass is 10.1. The fraction of sp³-hybridized carbons (Fsp3) is 0.273. The highest BCUT2D eigenvalue weighted by Crippen LogP contribution is 2.18. The summed E-state index contributed by atoms with van der Waals surface area (Å²) < 4.78 is 5.81. The lowest BCUT2D eigenvalue weighted by Gasteiger charge is -2.16. The molecule has 0 saturated carbocycles. The molecule has 13 heavy (non-hydrogen) atoms. The average Bonchev–Trinajstić information content (AvgIpc) is 2.15. The Balaban J connectivity index is 2.73. The first-order valence-electron chi connectivity index (χ1n) is 4.57. The van der Waals surface area contributed by atoms with E-state index in [1.807, 2.05) is 24.3 Å². The fourth-order valence-corrected chi connectivity index (χ4v) is 2.06. The highest BCUT2D eigenvalue weighted by molar-refractivity contribution is 6.48. The van der Waals surface area contributed by atoms with Gasteiger partial charge in [-0.05, 0) is 18.7 Å². The smallest absolute Gasteiger partial charge is 0.172 e. The van der Waals surface area contributed by atoms with Crippen LogP contribution in [0.4, 0.5) is 0 Å². The first-order valence-corrected chi connectivity index (χ1v) is 7.35. The molecule has 1 aromatic rings. The van der Waals surface area contributed by atoms with Gasteiger partial charge < -0.3 is 4.43 Å². The second-order valence-electron chi connectivity index (χ2n) is 3.25. The lowest BCUT2D eigenvalue weighted by molar-refractivity contribution is 0.261. The molecule has 0 fully saturated rings. The second-order valence-corrected chi connectivity index (χ2v) is 5.62. The van der Waals surface area contributed by atoms with Gasteiger partial charge in [-0.2, -0.15) is 0 Å². The zero-order chi connectivity index (χ0) is 9.68. The van der Waals surface area contributed by atoms with Crippen molar-refractivity contribution in [2.24, 2.45) is 0 Å². The standard InChI is InChI=1S/C11H16OSi/c1-4-11(12-13(2)3)10-8-6-5-7-9-10/h4-9,11,13H,1H2,2-3H3. The van der Waals surface area contributed by atoms with Gasteiger partial charge in [0.2, 0.25) is 0 Å². The predicted octanol–water partition coefficient (Wildman–Crippen LogP) is 2.91. The molecule has 1 aromatic carbocycles. The third-order valence-electron chi connectivity index (χ3n) is 1.76. The van der Waals surface area contributed by atoms with E-state index in [0.29, 0.717) is 0 Å². The SMILES string of the molecule is C=CC(O[SiH](C)C)c1ccccc1. The Bertz CT molecular complexity index is 256. The molecule has 0 aliphatic heterocycles. The normalized spacial score (nSPS) is 12.8. The molecule has 2 heteroatoms. The molecular formula is C11H16OSi. The molecule has 0 spiro atoms. The number of hydrogen-bond donors (Lipinski definition) is 0. The van der Waals surface area contributed by atoms with Gasteiger partial charge in [-0.1, -0.05) is 36.4 Å². The van der Waals surface area contributed by atoms with Crippen LogP contribution >= 0.6 is 0 Å². The van der Waals surface area contributed by atoms with Crippen LogP contribution in [0.25, 0.3) is 0 Å². The van der Waals surface area contributed by atoms with Crippen molar-refractivity contribution >= 4 is 9.04 Å². The van der Waals surface area contributed by atoms with Crippen LogP contribution in [0.5, 0.6) is 0 Å². The van der Waals surface area contributed by atoms with Crippen molar-refractivity contribution in [2.45, 2.75) is 19.2 Å². The fourth-order valence-electron chi connectivity index (χ4n) is 1.21. The molecule has 0 radical (unpaired) electrons. The maximum Gasteiger partial charge on any atom is 0.172 e. The Morgan fingerprint density at radius 2 is 1.92 bits per heavy atom. The van der Waals surface area contributed by atoms with Crippen molar-refractivity contribution in [2.75, 3.05) is 0 Å². The summed E-state index contributed by atoms with van der Waals surface area (Å²) in [6, 6.07) is 10.2. The van der Waals surface area contributed by atoms with Crippen LogP contribution in [-0.4, -0.2) is 9.04 Å². The van der Waals surface area contributed by atoms with Crippen molar-refractivity contribution in [1.82, 2.24) is 0 Å². The summed E-state index contributed by atoms with van der Waals surface area (Å²) in [4.78, 5) is 0. The number of rotatable bonds is 4. The van der Waals surface area contributed by atoms with E-state index in [4.69, 9.17) is 4.43 Å². The maximum absolute atomic E-state index is 5.81. The largest absolute Gasteiger partial charge is 0.410 e. The zero-order valence-electron chi connectivity index (χ0n) is 8.23. The highest BCUT2D eigenvalue weighted by Gasteiger charge is 2.08. The summed E-state index contributed by atoms with van der Waals surface area (Å²) >= 11 is 0. The van der Waals surface area contributed by atoms with Crippen LogP contribution < -0.4 is 0 Å². The van der Waals surface area contributed by atoms with Gasteiger partial charge >= 0.3 is 0 Å². The first-order chi connectivity index (χ1) is 6.24. The van der Waals surface area contributed by atoms with Gasteiger partial charge in [0, 0.05) is 0 Å². The van der Waals surface area contributed by atoms with Gasteiger partial charge in [0.05, 0.1) is 6.10 Å². The minimum atomic E-state index is -0.987. The molecule has 0 aliphatic rings. The van der Waals surface area contributed by atoms with E-state index >= 15 is 0 Å². The Labute approximate surface area is 81.8 Å². The lowest BCUT2D eigenvalue weighted by Crippen LogP contribution is -2.12. The minimum Gasteiger partial charge on any atom is -0.410 e. The van der Waals surface area contributed by atoms with Crippen molar-refractivity contribution in [3.05, 3.63) is 48.6 Å². The maximum atomic E-state index is 5.81. The summed E-state index contributed by atoms with van der Waals surface area (Å²) in [5, 5.41) is 0. The summed E-state index contributed by atoms with van der Waals surface area (Å²) in [5.74, 6) is 0. The third-order valence-corrected chi connectivity index (χ3v) is 2.60. The molecule has 0 saturated heterocycles. The molecule has 70 valence electrons. The summed E-state index contributed by atoms with van der Waals surface area (Å²) in [7, 11) is -0.987. The second kappa shape index (κ2) is 4.99. The molecular weight excluding hydrogens is 176 g/mol. The summed E-state index contributed by atoms with van der Waals surface area (Å²) in [5.41, 5.74) is 1.19. The van der Waals surface area contributed by atoms with E-state index in [1.54, 1.807) is 0 Å². The van der Waals surface area contributed by atoms with Gasteiger partial charge in [0.25, 0.3) is 0 Å². The Morgan fingerprint density at radius 1 is 1.31 bits per heavy atom. The Kier molecular flexibility index (Phi) is 3.93. The van der Waals surface area contributed by atoms with E-state index < -0.39 is 9.04 Å². The van der Waals surface area contributed by atoms with Crippen LogP contribution in [0.15, 0.2) is 43.0 Å². The van der Waals surface area contributed by atoms with Gasteiger partial charge in [0.15, 0.2) is 9.04 Å². The molecule has 0 heterocycles. The number of hydrogen-bond acceptors (Lipinski definition) is 1. The molecule has 1 atom stereocenters. The van der Waals surface area contributed by atoms with Gasteiger partial charge in [-0.25, -0.2) is 0 Å². The van der Waals surface area contributed by atoms with Crippen LogP contribution in [0, 0.1) is 0 Å². The highest BCUT2D eigenvalue weighted by atomic mass is 28.3. The van der Waals surface area contributed by atoms with Gasteiger partial charge in [-0.3, -0.25) is 0 Å². The zero-order valence-corrected chi connectivity index (χ0v) is 9.39. The summed E-state index contributed by atoms with van der Waals surface area (Å²) in [6.07, 6.45) is 1.94. The van der Waals surface area contributed by atoms with Crippen LogP contribution in [0.1, 0.15) is 11.7 Å². The van der Waals surface area contributed by atoms with Crippen molar-refractivity contribution < 1.29 is 4.43 Å². The van der Waals surface area contributed by atoms with Crippen LogP contribution in [0.2, 0.25) is 13.1 Å². The van der Waals surface area contributed by atoms with E-state index in [2.05, 4.69) is 31.8 Å². The number of benzene rings is 1. The van der Waals surface area contributed by atoms with Crippen molar-refractivity contribution in [3.8, 4) is 0 Å². The molecule has 0 aliphatic carbocycles. The van der Waals surface area contributed by atoms with Gasteiger partial charge in [-0.15, -0.1) is 6.58 Å². The Morgan fingerprint density at radius 3 is 2.38 bits per heavy atom.